The van der Waals surface area contributed by atoms with Gasteiger partial charge in [0, 0.05) is 23.6 Å². The Morgan fingerprint density at radius 1 is 1.11 bits per heavy atom. The van der Waals surface area contributed by atoms with Crippen LogP contribution in [0.1, 0.15) is 19.8 Å². The quantitative estimate of drug-likeness (QED) is 0.780. The zero-order chi connectivity index (χ0) is 20.1. The van der Waals surface area contributed by atoms with Crippen molar-refractivity contribution < 1.29 is 19.1 Å². The SMILES string of the molecule is CC(OC(=O)C1=NN(c2ccccc2)C(=O)CC1)C(=O)Nc1ccc(Cl)cc1. The van der Waals surface area contributed by atoms with E-state index in [1.807, 2.05) is 6.07 Å². The van der Waals surface area contributed by atoms with E-state index in [9.17, 15) is 14.4 Å². The van der Waals surface area contributed by atoms with Crippen LogP contribution >= 0.6 is 11.6 Å². The number of para-hydroxylation sites is 1. The van der Waals surface area contributed by atoms with E-state index in [0.717, 1.165) is 0 Å². The van der Waals surface area contributed by atoms with Crippen molar-refractivity contribution in [2.45, 2.75) is 25.9 Å². The summed E-state index contributed by atoms with van der Waals surface area (Å²) < 4.78 is 5.22. The molecule has 1 heterocycles. The first-order valence-electron chi connectivity index (χ1n) is 8.67. The van der Waals surface area contributed by atoms with Crippen molar-refractivity contribution in [2.75, 3.05) is 10.3 Å². The Labute approximate surface area is 166 Å². The molecule has 28 heavy (non-hydrogen) atoms. The van der Waals surface area contributed by atoms with Gasteiger partial charge in [0.15, 0.2) is 6.10 Å². The molecule has 2 aromatic carbocycles. The Bertz CT molecular complexity index is 913. The number of nitrogens with zero attached hydrogens (tertiary/aromatic N) is 2. The van der Waals surface area contributed by atoms with Gasteiger partial charge in [-0.25, -0.2) is 9.80 Å². The van der Waals surface area contributed by atoms with Gasteiger partial charge in [-0.05, 0) is 43.3 Å². The van der Waals surface area contributed by atoms with Gasteiger partial charge in [-0.2, -0.15) is 5.10 Å². The van der Waals surface area contributed by atoms with E-state index in [1.54, 1.807) is 48.5 Å². The van der Waals surface area contributed by atoms with E-state index in [1.165, 1.54) is 11.9 Å². The summed E-state index contributed by atoms with van der Waals surface area (Å²) in [4.78, 5) is 36.7. The highest BCUT2D eigenvalue weighted by Gasteiger charge is 2.28. The van der Waals surface area contributed by atoms with Crippen LogP contribution < -0.4 is 10.3 Å². The molecule has 1 unspecified atom stereocenters. The fourth-order valence-corrected chi connectivity index (χ4v) is 2.66. The second-order valence-electron chi connectivity index (χ2n) is 6.13. The monoisotopic (exact) mass is 399 g/mol. The average molecular weight is 400 g/mol. The topological polar surface area (TPSA) is 88.1 Å². The Morgan fingerprint density at radius 2 is 1.79 bits per heavy atom. The highest BCUT2D eigenvalue weighted by atomic mass is 35.5. The molecule has 1 atom stereocenters. The number of hydrazone groups is 1. The van der Waals surface area contributed by atoms with Crippen LogP contribution in [0.4, 0.5) is 11.4 Å². The molecule has 2 amide bonds. The molecule has 7 nitrogen and oxygen atoms in total. The lowest BCUT2D eigenvalue weighted by Crippen LogP contribution is -2.37. The van der Waals surface area contributed by atoms with Crippen molar-refractivity contribution in [3.8, 4) is 0 Å². The highest BCUT2D eigenvalue weighted by Crippen LogP contribution is 2.20. The van der Waals surface area contributed by atoms with Crippen molar-refractivity contribution in [2.24, 2.45) is 5.10 Å². The predicted molar refractivity (Wildman–Crippen MR) is 106 cm³/mol. The van der Waals surface area contributed by atoms with Crippen LogP contribution in [0.5, 0.6) is 0 Å². The normalized spacial score (nSPS) is 14.9. The first-order valence-corrected chi connectivity index (χ1v) is 9.05. The number of halogens is 1. The molecule has 0 aliphatic carbocycles. The molecule has 0 saturated heterocycles. The van der Waals surface area contributed by atoms with Gasteiger partial charge in [-0.1, -0.05) is 29.8 Å². The number of hydrogen-bond donors (Lipinski definition) is 1. The first-order chi connectivity index (χ1) is 13.4. The summed E-state index contributed by atoms with van der Waals surface area (Å²) in [7, 11) is 0. The number of rotatable bonds is 5. The zero-order valence-corrected chi connectivity index (χ0v) is 15.8. The molecular weight excluding hydrogens is 382 g/mol. The van der Waals surface area contributed by atoms with Crippen LogP contribution in [0.15, 0.2) is 59.7 Å². The number of benzene rings is 2. The number of nitrogens with one attached hydrogen (secondary N) is 1. The minimum atomic E-state index is -1.03. The van der Waals surface area contributed by atoms with Gasteiger partial charge in [0.1, 0.15) is 5.71 Å². The van der Waals surface area contributed by atoms with Crippen LogP contribution in [0.3, 0.4) is 0 Å². The minimum Gasteiger partial charge on any atom is -0.448 e. The molecule has 8 heteroatoms. The molecule has 0 saturated carbocycles. The lowest BCUT2D eigenvalue weighted by Gasteiger charge is -2.23. The van der Waals surface area contributed by atoms with Gasteiger partial charge >= 0.3 is 5.97 Å². The Hall–Kier alpha value is -3.19. The summed E-state index contributed by atoms with van der Waals surface area (Å²) in [5, 5.41) is 8.48. The number of esters is 1. The van der Waals surface area contributed by atoms with Crippen molar-refractivity contribution >= 4 is 46.5 Å². The van der Waals surface area contributed by atoms with E-state index in [2.05, 4.69) is 10.4 Å². The second kappa shape index (κ2) is 8.67. The summed E-state index contributed by atoms with van der Waals surface area (Å²) in [6.07, 6.45) is -0.741. The number of hydrogen-bond acceptors (Lipinski definition) is 5. The third-order valence-electron chi connectivity index (χ3n) is 4.03. The minimum absolute atomic E-state index is 0.0922. The van der Waals surface area contributed by atoms with E-state index < -0.39 is 18.0 Å². The molecule has 0 bridgehead atoms. The lowest BCUT2D eigenvalue weighted by molar-refractivity contribution is -0.146. The summed E-state index contributed by atoms with van der Waals surface area (Å²) in [5.41, 5.74) is 1.19. The van der Waals surface area contributed by atoms with Gasteiger partial charge in [0.2, 0.25) is 5.91 Å². The number of amides is 2. The molecule has 3 rings (SSSR count). The van der Waals surface area contributed by atoms with Gasteiger partial charge in [-0.3, -0.25) is 9.59 Å². The summed E-state index contributed by atoms with van der Waals surface area (Å²) in [6.45, 7) is 1.46. The first kappa shape index (κ1) is 19.6. The van der Waals surface area contributed by atoms with Crippen molar-refractivity contribution in [1.82, 2.24) is 0 Å². The zero-order valence-electron chi connectivity index (χ0n) is 15.1. The Balaban J connectivity index is 1.65. The molecule has 0 aromatic heterocycles. The average Bonchev–Trinajstić information content (AvgIpc) is 2.70. The number of carbonyl (C=O) groups excluding carboxylic acids is 3. The largest absolute Gasteiger partial charge is 0.448 e. The molecular formula is C20H18ClN3O4. The van der Waals surface area contributed by atoms with Gasteiger partial charge < -0.3 is 10.1 Å². The number of ether oxygens (including phenoxy) is 1. The third kappa shape index (κ3) is 4.75. The molecule has 0 fully saturated rings. The summed E-state index contributed by atoms with van der Waals surface area (Å²) in [5.74, 6) is -1.42. The predicted octanol–water partition coefficient (Wildman–Crippen LogP) is 3.39. The number of anilines is 2. The lowest BCUT2D eigenvalue weighted by atomic mass is 10.1. The van der Waals surface area contributed by atoms with Crippen LogP contribution in [0.2, 0.25) is 5.02 Å². The van der Waals surface area contributed by atoms with Gasteiger partial charge in [0.05, 0.1) is 5.69 Å². The van der Waals surface area contributed by atoms with E-state index in [4.69, 9.17) is 16.3 Å². The smallest absolute Gasteiger partial charge is 0.355 e. The molecule has 2 aromatic rings. The number of carbonyl (C=O) groups is 3. The highest BCUT2D eigenvalue weighted by molar-refractivity contribution is 6.38. The second-order valence-corrected chi connectivity index (χ2v) is 6.57. The van der Waals surface area contributed by atoms with E-state index in [0.29, 0.717) is 16.4 Å². The van der Waals surface area contributed by atoms with Crippen molar-refractivity contribution in [3.05, 3.63) is 59.6 Å². The molecule has 144 valence electrons. The maximum Gasteiger partial charge on any atom is 0.355 e. The van der Waals surface area contributed by atoms with Crippen LogP contribution in [-0.2, 0) is 19.1 Å². The molecule has 1 aliphatic rings. The fourth-order valence-electron chi connectivity index (χ4n) is 2.53. The van der Waals surface area contributed by atoms with Gasteiger partial charge in [-0.15, -0.1) is 0 Å². The standard InChI is InChI=1S/C20H18ClN3O4/c1-13(19(26)22-15-9-7-14(21)8-10-15)28-20(27)17-11-12-18(25)24(23-17)16-5-3-2-4-6-16/h2-10,13H,11-12H2,1H3,(H,22,26). The molecule has 1 aliphatic heterocycles. The van der Waals surface area contributed by atoms with Gasteiger partial charge in [0.25, 0.3) is 5.91 Å². The fraction of sp³-hybridized carbons (Fsp3) is 0.200. The molecule has 1 N–H and O–H groups in total. The van der Waals surface area contributed by atoms with E-state index >= 15 is 0 Å². The summed E-state index contributed by atoms with van der Waals surface area (Å²) in [6, 6.07) is 15.4. The van der Waals surface area contributed by atoms with Crippen LogP contribution in [0, 0.1) is 0 Å². The van der Waals surface area contributed by atoms with Crippen molar-refractivity contribution in [3.63, 3.8) is 0 Å². The maximum absolute atomic E-state index is 12.4. The maximum atomic E-state index is 12.4. The third-order valence-corrected chi connectivity index (χ3v) is 4.29. The van der Waals surface area contributed by atoms with E-state index in [-0.39, 0.29) is 24.5 Å². The Kier molecular flexibility index (Phi) is 6.06. The molecule has 0 spiro atoms. The van der Waals surface area contributed by atoms with Crippen LogP contribution in [-0.4, -0.2) is 29.6 Å². The Morgan fingerprint density at radius 3 is 2.46 bits per heavy atom. The van der Waals surface area contributed by atoms with Crippen molar-refractivity contribution in [1.29, 1.82) is 0 Å². The molecule has 0 radical (unpaired) electrons. The van der Waals surface area contributed by atoms with Crippen LogP contribution in [0.25, 0.3) is 0 Å². The summed E-state index contributed by atoms with van der Waals surface area (Å²) >= 11 is 5.81.